The second-order valence-corrected chi connectivity index (χ2v) is 18.1. The van der Waals surface area contributed by atoms with Gasteiger partial charge in [0.25, 0.3) is 0 Å². The van der Waals surface area contributed by atoms with Crippen molar-refractivity contribution < 1.29 is 0 Å². The van der Waals surface area contributed by atoms with Crippen molar-refractivity contribution in [1.29, 1.82) is 0 Å². The van der Waals surface area contributed by atoms with Gasteiger partial charge in [0.15, 0.2) is 0 Å². The first-order valence-corrected chi connectivity index (χ1v) is 24.1. The molecule has 0 saturated heterocycles. The minimum absolute atomic E-state index is 1.08. The van der Waals surface area contributed by atoms with Gasteiger partial charge in [0.2, 0.25) is 0 Å². The first-order valence-electron chi connectivity index (χ1n) is 24.1. The summed E-state index contributed by atoms with van der Waals surface area (Å²) in [7, 11) is 0. The van der Waals surface area contributed by atoms with Crippen LogP contribution in [0.5, 0.6) is 0 Å². The molecule has 0 aliphatic carbocycles. The molecule has 13 rings (SSSR count). The number of fused-ring (bicyclic) bond motifs is 6. The molecule has 0 saturated carbocycles. The predicted octanol–water partition coefficient (Wildman–Crippen LogP) is 18.9. The van der Waals surface area contributed by atoms with E-state index in [0.29, 0.717) is 0 Å². The molecule has 0 fully saturated rings. The van der Waals surface area contributed by atoms with E-state index < -0.39 is 0 Å². The molecule has 1 aromatic heterocycles. The van der Waals surface area contributed by atoms with Gasteiger partial charge in [0, 0.05) is 33.5 Å². The lowest BCUT2D eigenvalue weighted by Gasteiger charge is -2.26. The lowest BCUT2D eigenvalue weighted by atomic mass is 9.93. The van der Waals surface area contributed by atoms with Crippen LogP contribution in [0.1, 0.15) is 0 Å². The third-order valence-corrected chi connectivity index (χ3v) is 13.9. The van der Waals surface area contributed by atoms with E-state index in [1.165, 1.54) is 93.4 Å². The number of rotatable bonds is 9. The van der Waals surface area contributed by atoms with Crippen molar-refractivity contribution in [3.05, 3.63) is 279 Å². The van der Waals surface area contributed by atoms with Crippen LogP contribution >= 0.6 is 0 Å². The number of hydrogen-bond donors (Lipinski definition) is 0. The third kappa shape index (κ3) is 7.40. The van der Waals surface area contributed by atoms with Crippen LogP contribution in [0, 0.1) is 0 Å². The average Bonchev–Trinajstić information content (AvgIpc) is 3.77. The highest BCUT2D eigenvalue weighted by atomic mass is 15.1. The standard InChI is InChI=1S/C68H46N2/c1-5-16-47(17-6-1)50-30-36-59(37-31-50)69(60-38-32-51(33-39-60)53-34-40-63-56(42-53)29-28-52-22-13-14-27-62(52)63)61-26-15-23-55(43-61)65-44-57(49-20-9-3-10-21-49)46-67-68(65)64-41-35-54(48-18-7-2-8-19-48)45-66(64)70(67)58-24-11-4-12-25-58/h1-46H. The summed E-state index contributed by atoms with van der Waals surface area (Å²) in [6.45, 7) is 0. The Morgan fingerprint density at radius 1 is 0.243 bits per heavy atom. The van der Waals surface area contributed by atoms with Crippen LogP contribution < -0.4 is 4.90 Å². The number of aromatic nitrogens is 1. The molecule has 0 aliphatic heterocycles. The Morgan fingerprint density at radius 3 is 1.39 bits per heavy atom. The molecule has 0 bridgehead atoms. The van der Waals surface area contributed by atoms with E-state index in [9.17, 15) is 0 Å². The lowest BCUT2D eigenvalue weighted by Crippen LogP contribution is -2.10. The second kappa shape index (κ2) is 17.4. The van der Waals surface area contributed by atoms with Crippen molar-refractivity contribution in [3.63, 3.8) is 0 Å². The van der Waals surface area contributed by atoms with Gasteiger partial charge in [0.1, 0.15) is 0 Å². The van der Waals surface area contributed by atoms with Crippen LogP contribution in [0.3, 0.4) is 0 Å². The third-order valence-electron chi connectivity index (χ3n) is 13.9. The van der Waals surface area contributed by atoms with E-state index >= 15 is 0 Å². The molecule has 0 radical (unpaired) electrons. The predicted molar refractivity (Wildman–Crippen MR) is 298 cm³/mol. The van der Waals surface area contributed by atoms with Crippen molar-refractivity contribution >= 4 is 60.4 Å². The molecule has 2 heteroatoms. The van der Waals surface area contributed by atoms with Crippen molar-refractivity contribution in [2.45, 2.75) is 0 Å². The first kappa shape index (κ1) is 41.0. The molecule has 0 spiro atoms. The Kier molecular flexibility index (Phi) is 10.2. The summed E-state index contributed by atoms with van der Waals surface area (Å²) < 4.78 is 2.46. The minimum atomic E-state index is 1.08. The SMILES string of the molecule is c1ccc(-c2ccc(N(c3ccc(-c4ccc5c(ccc6ccccc65)c4)cc3)c3cccc(-c4cc(-c5ccccc5)cc5c4c4ccc(-c6ccccc6)cc4n5-c4ccccc4)c3)cc2)cc1. The molecular formula is C68H46N2. The topological polar surface area (TPSA) is 8.17 Å². The van der Waals surface area contributed by atoms with Crippen molar-refractivity contribution in [2.24, 2.45) is 0 Å². The summed E-state index contributed by atoms with van der Waals surface area (Å²) in [5, 5.41) is 7.50. The fourth-order valence-electron chi connectivity index (χ4n) is 10.5. The largest absolute Gasteiger partial charge is 0.310 e. The minimum Gasteiger partial charge on any atom is -0.310 e. The normalized spacial score (nSPS) is 11.4. The maximum Gasteiger partial charge on any atom is 0.0553 e. The van der Waals surface area contributed by atoms with Crippen LogP contribution in [-0.2, 0) is 0 Å². The zero-order valence-corrected chi connectivity index (χ0v) is 38.5. The smallest absolute Gasteiger partial charge is 0.0553 e. The van der Waals surface area contributed by atoms with E-state index in [-0.39, 0.29) is 0 Å². The molecule has 0 unspecified atom stereocenters. The van der Waals surface area contributed by atoms with E-state index in [1.54, 1.807) is 0 Å². The number of para-hydroxylation sites is 1. The molecule has 0 atom stereocenters. The van der Waals surface area contributed by atoms with Crippen molar-refractivity contribution in [2.75, 3.05) is 4.90 Å². The van der Waals surface area contributed by atoms with Gasteiger partial charge < -0.3 is 9.47 Å². The fraction of sp³-hybridized carbons (Fsp3) is 0. The van der Waals surface area contributed by atoms with Crippen LogP contribution in [-0.4, -0.2) is 4.57 Å². The summed E-state index contributed by atoms with van der Waals surface area (Å²) in [5.74, 6) is 0. The first-order chi connectivity index (χ1) is 34.7. The van der Waals surface area contributed by atoms with Gasteiger partial charge in [-0.25, -0.2) is 0 Å². The van der Waals surface area contributed by atoms with Gasteiger partial charge in [0.05, 0.1) is 11.0 Å². The highest BCUT2D eigenvalue weighted by molar-refractivity contribution is 6.18. The molecule has 0 aliphatic rings. The number of benzene rings is 12. The van der Waals surface area contributed by atoms with Gasteiger partial charge in [-0.05, 0) is 150 Å². The lowest BCUT2D eigenvalue weighted by molar-refractivity contribution is 1.18. The van der Waals surface area contributed by atoms with Crippen LogP contribution in [0.25, 0.3) is 105 Å². The van der Waals surface area contributed by atoms with Gasteiger partial charge in [-0.3, -0.25) is 0 Å². The molecule has 2 nitrogen and oxygen atoms in total. The molecule has 1 heterocycles. The number of anilines is 3. The maximum atomic E-state index is 2.46. The molecule has 12 aromatic carbocycles. The molecular weight excluding hydrogens is 845 g/mol. The Hall–Kier alpha value is -9.24. The maximum absolute atomic E-state index is 2.46. The summed E-state index contributed by atoms with van der Waals surface area (Å²) >= 11 is 0. The van der Waals surface area contributed by atoms with E-state index in [0.717, 1.165) is 28.3 Å². The average molecular weight is 891 g/mol. The number of hydrogen-bond acceptors (Lipinski definition) is 1. The van der Waals surface area contributed by atoms with Gasteiger partial charge in [-0.1, -0.05) is 206 Å². The zero-order chi connectivity index (χ0) is 46.4. The Bertz CT molecular complexity index is 4010. The van der Waals surface area contributed by atoms with Crippen LogP contribution in [0.4, 0.5) is 17.1 Å². The Balaban J connectivity index is 0.986. The number of nitrogens with zero attached hydrogens (tertiary/aromatic N) is 2. The fourth-order valence-corrected chi connectivity index (χ4v) is 10.5. The Labute approximate surface area is 408 Å². The molecule has 0 N–H and O–H groups in total. The van der Waals surface area contributed by atoms with Gasteiger partial charge >= 0.3 is 0 Å². The Morgan fingerprint density at radius 2 is 0.714 bits per heavy atom. The van der Waals surface area contributed by atoms with Crippen LogP contribution in [0.15, 0.2) is 279 Å². The summed E-state index contributed by atoms with van der Waals surface area (Å²) in [6.07, 6.45) is 0. The van der Waals surface area contributed by atoms with Crippen molar-refractivity contribution in [1.82, 2.24) is 4.57 Å². The van der Waals surface area contributed by atoms with Crippen LogP contribution in [0.2, 0.25) is 0 Å². The highest BCUT2D eigenvalue weighted by Gasteiger charge is 2.21. The quantitative estimate of drug-likeness (QED) is 0.131. The second-order valence-electron chi connectivity index (χ2n) is 18.1. The molecule has 13 aromatic rings. The summed E-state index contributed by atoms with van der Waals surface area (Å²) in [6, 6.07) is 102. The van der Waals surface area contributed by atoms with E-state index in [4.69, 9.17) is 0 Å². The molecule has 0 amide bonds. The van der Waals surface area contributed by atoms with Crippen molar-refractivity contribution in [3.8, 4) is 61.3 Å². The van der Waals surface area contributed by atoms with E-state index in [1.807, 2.05) is 0 Å². The molecule has 70 heavy (non-hydrogen) atoms. The van der Waals surface area contributed by atoms with E-state index in [2.05, 4.69) is 289 Å². The monoisotopic (exact) mass is 890 g/mol. The zero-order valence-electron chi connectivity index (χ0n) is 38.5. The summed E-state index contributed by atoms with van der Waals surface area (Å²) in [5.41, 5.74) is 18.5. The summed E-state index contributed by atoms with van der Waals surface area (Å²) in [4.78, 5) is 2.40. The van der Waals surface area contributed by atoms with Gasteiger partial charge in [-0.15, -0.1) is 0 Å². The highest BCUT2D eigenvalue weighted by Crippen LogP contribution is 2.45. The molecule has 328 valence electrons. The van der Waals surface area contributed by atoms with Gasteiger partial charge in [-0.2, -0.15) is 0 Å².